The summed E-state index contributed by atoms with van der Waals surface area (Å²) < 4.78 is 0. The van der Waals surface area contributed by atoms with Crippen LogP contribution in [0, 0.1) is 28.6 Å². The minimum Gasteiger partial charge on any atom is -0.364 e. The maximum Gasteiger partial charge on any atom is 0.159 e. The third kappa shape index (κ3) is 2.91. The molecular weight excluding hydrogens is 206 g/mol. The highest BCUT2D eigenvalue weighted by molar-refractivity contribution is 8.02. The summed E-state index contributed by atoms with van der Waals surface area (Å²) in [4.78, 5) is 2.17. The fraction of sp³-hybridized carbons (Fsp3) is 0.636. The van der Waals surface area contributed by atoms with E-state index in [1.54, 1.807) is 0 Å². The van der Waals surface area contributed by atoms with Crippen molar-refractivity contribution in [3.05, 3.63) is 10.6 Å². The molecule has 1 aliphatic rings. The van der Waals surface area contributed by atoms with Crippen molar-refractivity contribution in [2.45, 2.75) is 19.8 Å². The predicted octanol–water partition coefficient (Wildman–Crippen LogP) is 2.34. The van der Waals surface area contributed by atoms with E-state index in [0.717, 1.165) is 24.5 Å². The molecule has 0 amide bonds. The average Bonchev–Trinajstić information content (AvgIpc) is 2.25. The maximum atomic E-state index is 8.85. The Morgan fingerprint density at radius 2 is 2.07 bits per heavy atom. The molecule has 80 valence electrons. The molecule has 0 saturated carbocycles. The second kappa shape index (κ2) is 5.68. The molecule has 1 fully saturated rings. The molecule has 15 heavy (non-hydrogen) atoms. The normalized spacial score (nSPS) is 20.3. The van der Waals surface area contributed by atoms with Gasteiger partial charge in [-0.05, 0) is 25.0 Å². The van der Waals surface area contributed by atoms with Crippen LogP contribution in [0.3, 0.4) is 0 Å². The van der Waals surface area contributed by atoms with Crippen molar-refractivity contribution in [3.63, 3.8) is 0 Å². The van der Waals surface area contributed by atoms with Gasteiger partial charge in [0.05, 0.1) is 5.03 Å². The quantitative estimate of drug-likeness (QED) is 0.672. The SMILES string of the molecule is CSC(=C(C#N)C#N)N1CCC[C@@H](C)C1. The lowest BCUT2D eigenvalue weighted by Crippen LogP contribution is -2.33. The van der Waals surface area contributed by atoms with Crippen molar-refractivity contribution in [1.29, 1.82) is 10.5 Å². The van der Waals surface area contributed by atoms with Gasteiger partial charge in [0, 0.05) is 13.1 Å². The van der Waals surface area contributed by atoms with Crippen LogP contribution in [0.2, 0.25) is 0 Å². The standard InChI is InChI=1S/C11H15N3S/c1-9-4-3-5-14(8-9)11(15-2)10(6-12)7-13/h9H,3-5,8H2,1-2H3/t9-/m1/s1. The highest BCUT2D eigenvalue weighted by Crippen LogP contribution is 2.27. The average molecular weight is 221 g/mol. The van der Waals surface area contributed by atoms with Crippen molar-refractivity contribution < 1.29 is 0 Å². The van der Waals surface area contributed by atoms with E-state index < -0.39 is 0 Å². The summed E-state index contributed by atoms with van der Waals surface area (Å²) in [6.45, 7) is 4.14. The smallest absolute Gasteiger partial charge is 0.159 e. The number of nitrogens with zero attached hydrogens (tertiary/aromatic N) is 3. The molecule has 0 unspecified atom stereocenters. The van der Waals surface area contributed by atoms with Gasteiger partial charge in [-0.15, -0.1) is 11.8 Å². The molecular formula is C11H15N3S. The molecule has 1 saturated heterocycles. The number of thioether (sulfide) groups is 1. The van der Waals surface area contributed by atoms with Crippen LogP contribution in [0.15, 0.2) is 10.6 Å². The predicted molar refractivity (Wildman–Crippen MR) is 61.7 cm³/mol. The zero-order chi connectivity index (χ0) is 11.3. The summed E-state index contributed by atoms with van der Waals surface area (Å²) >= 11 is 1.50. The van der Waals surface area contributed by atoms with Crippen LogP contribution in [-0.4, -0.2) is 24.2 Å². The molecule has 0 N–H and O–H groups in total. The Balaban J connectivity index is 2.88. The van der Waals surface area contributed by atoms with Gasteiger partial charge in [-0.3, -0.25) is 0 Å². The zero-order valence-electron chi connectivity index (χ0n) is 9.16. The molecule has 0 aromatic rings. The number of allylic oxidation sites excluding steroid dienone is 1. The van der Waals surface area contributed by atoms with Gasteiger partial charge < -0.3 is 4.90 Å². The Labute approximate surface area is 95.4 Å². The Kier molecular flexibility index (Phi) is 4.52. The summed E-state index contributed by atoms with van der Waals surface area (Å²) in [5.41, 5.74) is 0.247. The number of rotatable bonds is 2. The first-order valence-electron chi connectivity index (χ1n) is 5.06. The number of nitriles is 2. The van der Waals surface area contributed by atoms with E-state index in [1.165, 1.54) is 18.2 Å². The first-order chi connectivity index (χ1) is 7.22. The molecule has 0 aromatic heterocycles. The van der Waals surface area contributed by atoms with Crippen LogP contribution in [0.4, 0.5) is 0 Å². The second-order valence-corrected chi connectivity index (χ2v) is 4.60. The lowest BCUT2D eigenvalue weighted by molar-refractivity contribution is 0.241. The summed E-state index contributed by atoms with van der Waals surface area (Å²) in [5, 5.41) is 18.5. The molecule has 0 aromatic carbocycles. The summed E-state index contributed by atoms with van der Waals surface area (Å²) in [6.07, 6.45) is 4.31. The van der Waals surface area contributed by atoms with Gasteiger partial charge in [-0.2, -0.15) is 10.5 Å². The molecule has 0 radical (unpaired) electrons. The van der Waals surface area contributed by atoms with E-state index in [9.17, 15) is 0 Å². The first-order valence-corrected chi connectivity index (χ1v) is 6.28. The largest absolute Gasteiger partial charge is 0.364 e. The Bertz CT molecular complexity index is 319. The lowest BCUT2D eigenvalue weighted by Gasteiger charge is -2.33. The molecule has 0 spiro atoms. The summed E-state index contributed by atoms with van der Waals surface area (Å²) in [6, 6.07) is 3.94. The third-order valence-corrected chi connectivity index (χ3v) is 3.42. The third-order valence-electron chi connectivity index (χ3n) is 2.58. The Morgan fingerprint density at radius 1 is 1.40 bits per heavy atom. The van der Waals surface area contributed by atoms with Crippen molar-refractivity contribution in [3.8, 4) is 12.1 Å². The van der Waals surface area contributed by atoms with Gasteiger partial charge in [0.25, 0.3) is 0 Å². The molecule has 1 heterocycles. The molecule has 1 atom stereocenters. The van der Waals surface area contributed by atoms with E-state index in [4.69, 9.17) is 10.5 Å². The number of piperidine rings is 1. The van der Waals surface area contributed by atoms with Gasteiger partial charge >= 0.3 is 0 Å². The van der Waals surface area contributed by atoms with E-state index in [1.807, 2.05) is 18.4 Å². The fourth-order valence-corrected chi connectivity index (χ4v) is 2.60. The monoisotopic (exact) mass is 221 g/mol. The van der Waals surface area contributed by atoms with Gasteiger partial charge in [-0.25, -0.2) is 0 Å². The van der Waals surface area contributed by atoms with Gasteiger partial charge in [-0.1, -0.05) is 6.92 Å². The molecule has 4 heteroatoms. The van der Waals surface area contributed by atoms with E-state index in [2.05, 4.69) is 11.8 Å². The minimum atomic E-state index is 0.247. The van der Waals surface area contributed by atoms with Gasteiger partial charge in [0.15, 0.2) is 5.57 Å². The van der Waals surface area contributed by atoms with Crippen LogP contribution in [0.5, 0.6) is 0 Å². The zero-order valence-corrected chi connectivity index (χ0v) is 9.97. The number of likely N-dealkylation sites (tertiary alicyclic amines) is 1. The van der Waals surface area contributed by atoms with Gasteiger partial charge in [0.2, 0.25) is 0 Å². The Morgan fingerprint density at radius 3 is 2.53 bits per heavy atom. The maximum absolute atomic E-state index is 8.85. The minimum absolute atomic E-state index is 0.247. The first kappa shape index (κ1) is 11.9. The van der Waals surface area contributed by atoms with Crippen LogP contribution in [0.1, 0.15) is 19.8 Å². The summed E-state index contributed by atoms with van der Waals surface area (Å²) in [7, 11) is 0. The molecule has 3 nitrogen and oxygen atoms in total. The second-order valence-electron chi connectivity index (χ2n) is 3.80. The highest BCUT2D eigenvalue weighted by Gasteiger charge is 2.20. The summed E-state index contributed by atoms with van der Waals surface area (Å²) in [5.74, 6) is 0.652. The van der Waals surface area contributed by atoms with Crippen molar-refractivity contribution in [1.82, 2.24) is 4.90 Å². The van der Waals surface area contributed by atoms with Crippen LogP contribution in [-0.2, 0) is 0 Å². The van der Waals surface area contributed by atoms with E-state index >= 15 is 0 Å². The molecule has 1 aliphatic heterocycles. The topological polar surface area (TPSA) is 50.8 Å². The fourth-order valence-electron chi connectivity index (χ4n) is 1.88. The van der Waals surface area contributed by atoms with Crippen LogP contribution < -0.4 is 0 Å². The van der Waals surface area contributed by atoms with Gasteiger partial charge in [0.1, 0.15) is 12.1 Å². The molecule has 1 rings (SSSR count). The van der Waals surface area contributed by atoms with Crippen molar-refractivity contribution >= 4 is 11.8 Å². The number of hydrogen-bond acceptors (Lipinski definition) is 4. The highest BCUT2D eigenvalue weighted by atomic mass is 32.2. The van der Waals surface area contributed by atoms with Crippen LogP contribution in [0.25, 0.3) is 0 Å². The number of hydrogen-bond donors (Lipinski definition) is 0. The Hall–Kier alpha value is -1.13. The van der Waals surface area contributed by atoms with Crippen molar-refractivity contribution in [2.24, 2.45) is 5.92 Å². The molecule has 0 aliphatic carbocycles. The lowest BCUT2D eigenvalue weighted by atomic mass is 10.0. The molecule has 0 bridgehead atoms. The van der Waals surface area contributed by atoms with Crippen molar-refractivity contribution in [2.75, 3.05) is 19.3 Å². The van der Waals surface area contributed by atoms with E-state index in [-0.39, 0.29) is 5.57 Å². The van der Waals surface area contributed by atoms with Crippen LogP contribution >= 0.6 is 11.8 Å². The van der Waals surface area contributed by atoms with E-state index in [0.29, 0.717) is 5.92 Å².